The van der Waals surface area contributed by atoms with Crippen molar-refractivity contribution in [1.82, 2.24) is 5.32 Å². The van der Waals surface area contributed by atoms with Crippen LogP contribution in [-0.2, 0) is 9.53 Å². The van der Waals surface area contributed by atoms with Crippen molar-refractivity contribution in [1.29, 1.82) is 0 Å². The zero-order valence-corrected chi connectivity index (χ0v) is 8.18. The van der Waals surface area contributed by atoms with Crippen LogP contribution in [0.5, 0.6) is 0 Å². The topological polar surface area (TPSA) is 38.3 Å². The Labute approximate surface area is 73.5 Å². The fourth-order valence-electron chi connectivity index (χ4n) is 1.78. The molecule has 0 spiro atoms. The minimum absolute atomic E-state index is 0.149. The minimum Gasteiger partial charge on any atom is -0.384 e. The zero-order chi connectivity index (χ0) is 9.35. The van der Waals surface area contributed by atoms with Gasteiger partial charge in [-0.15, -0.1) is 0 Å². The monoisotopic (exact) mass is 171 g/mol. The van der Waals surface area contributed by atoms with Gasteiger partial charge in [0.2, 0.25) is 5.91 Å². The van der Waals surface area contributed by atoms with E-state index < -0.39 is 0 Å². The van der Waals surface area contributed by atoms with Crippen LogP contribution in [0.15, 0.2) is 0 Å². The summed E-state index contributed by atoms with van der Waals surface area (Å²) in [5.41, 5.74) is -0.210. The average Bonchev–Trinajstić information content (AvgIpc) is 2.00. The molecule has 1 aliphatic heterocycles. The van der Waals surface area contributed by atoms with Crippen LogP contribution in [0, 0.1) is 11.3 Å². The molecule has 0 bridgehead atoms. The van der Waals surface area contributed by atoms with Crippen LogP contribution in [-0.4, -0.2) is 25.7 Å². The molecule has 0 aromatic rings. The van der Waals surface area contributed by atoms with Crippen molar-refractivity contribution in [2.24, 2.45) is 11.3 Å². The van der Waals surface area contributed by atoms with Crippen LogP contribution in [0.1, 0.15) is 20.8 Å². The van der Waals surface area contributed by atoms with E-state index in [-0.39, 0.29) is 17.4 Å². The Hall–Kier alpha value is -0.570. The smallest absolute Gasteiger partial charge is 0.228 e. The van der Waals surface area contributed by atoms with Crippen molar-refractivity contribution in [2.45, 2.75) is 26.8 Å². The molecule has 1 heterocycles. The second-order valence-corrected chi connectivity index (χ2v) is 4.11. The lowest BCUT2D eigenvalue weighted by atomic mass is 9.71. The van der Waals surface area contributed by atoms with Crippen molar-refractivity contribution in [2.75, 3.05) is 13.7 Å². The summed E-state index contributed by atoms with van der Waals surface area (Å²) >= 11 is 0. The lowest BCUT2D eigenvalue weighted by molar-refractivity contribution is -0.146. The van der Waals surface area contributed by atoms with Gasteiger partial charge in [-0.3, -0.25) is 4.79 Å². The van der Waals surface area contributed by atoms with Gasteiger partial charge in [-0.25, -0.2) is 0 Å². The number of hydrogen-bond donors (Lipinski definition) is 1. The third-order valence-electron chi connectivity index (χ3n) is 2.65. The molecule has 0 radical (unpaired) electrons. The number of carbonyl (C=O) groups is 1. The minimum atomic E-state index is -0.210. The zero-order valence-electron chi connectivity index (χ0n) is 8.18. The van der Waals surface area contributed by atoms with Crippen LogP contribution in [0.2, 0.25) is 0 Å². The molecule has 1 fully saturated rings. The van der Waals surface area contributed by atoms with E-state index in [2.05, 4.69) is 12.2 Å². The molecule has 1 amide bonds. The van der Waals surface area contributed by atoms with E-state index in [4.69, 9.17) is 4.74 Å². The number of carbonyl (C=O) groups excluding carboxylic acids is 1. The Morgan fingerprint density at radius 3 is 2.58 bits per heavy atom. The summed E-state index contributed by atoms with van der Waals surface area (Å²) < 4.78 is 5.04. The number of amides is 1. The summed E-state index contributed by atoms with van der Waals surface area (Å²) in [6, 6.07) is 0.268. The summed E-state index contributed by atoms with van der Waals surface area (Å²) in [6.45, 7) is 6.75. The second-order valence-electron chi connectivity index (χ2n) is 4.11. The van der Waals surface area contributed by atoms with Crippen LogP contribution in [0.25, 0.3) is 0 Å². The van der Waals surface area contributed by atoms with Crippen LogP contribution in [0.4, 0.5) is 0 Å². The van der Waals surface area contributed by atoms with E-state index in [1.165, 1.54) is 0 Å². The Morgan fingerprint density at radius 1 is 1.67 bits per heavy atom. The van der Waals surface area contributed by atoms with Gasteiger partial charge in [0, 0.05) is 19.1 Å². The van der Waals surface area contributed by atoms with Crippen molar-refractivity contribution >= 4 is 5.91 Å². The van der Waals surface area contributed by atoms with Crippen LogP contribution in [0.3, 0.4) is 0 Å². The molecule has 70 valence electrons. The summed E-state index contributed by atoms with van der Waals surface area (Å²) in [4.78, 5) is 11.1. The quantitative estimate of drug-likeness (QED) is 0.638. The number of ether oxygens (including phenoxy) is 1. The maximum absolute atomic E-state index is 11.1. The number of methoxy groups -OCH3 is 1. The predicted octanol–water partition coefficient (Wildman–Crippen LogP) is 0.793. The highest BCUT2D eigenvalue weighted by molar-refractivity contribution is 5.89. The van der Waals surface area contributed by atoms with Gasteiger partial charge in [0.15, 0.2) is 0 Å². The third kappa shape index (κ3) is 1.33. The van der Waals surface area contributed by atoms with E-state index in [0.717, 1.165) is 0 Å². The van der Waals surface area contributed by atoms with Gasteiger partial charge in [0.1, 0.15) is 0 Å². The molecule has 0 saturated carbocycles. The van der Waals surface area contributed by atoms with E-state index in [9.17, 15) is 4.79 Å². The molecule has 1 saturated heterocycles. The molecule has 2 atom stereocenters. The standard InChI is InChI=1S/C9H17NO2/c1-6(5-12-4)7-9(2,3)8(11)10-7/h6-7H,5H2,1-4H3,(H,10,11). The summed E-state index contributed by atoms with van der Waals surface area (Å²) in [5, 5.41) is 2.90. The Morgan fingerprint density at radius 2 is 2.25 bits per heavy atom. The fraction of sp³-hybridized carbons (Fsp3) is 0.889. The maximum Gasteiger partial charge on any atom is 0.228 e. The molecule has 1 rings (SSSR count). The molecule has 0 aromatic carbocycles. The maximum atomic E-state index is 11.1. The first kappa shape index (κ1) is 9.52. The molecule has 12 heavy (non-hydrogen) atoms. The van der Waals surface area contributed by atoms with Gasteiger partial charge in [0.05, 0.1) is 12.0 Å². The van der Waals surface area contributed by atoms with Gasteiger partial charge in [-0.2, -0.15) is 0 Å². The number of rotatable bonds is 3. The molecule has 3 nitrogen and oxygen atoms in total. The first-order valence-electron chi connectivity index (χ1n) is 4.30. The predicted molar refractivity (Wildman–Crippen MR) is 46.8 cm³/mol. The number of β-lactam (4-membered cyclic amide) rings is 1. The molecule has 2 unspecified atom stereocenters. The highest BCUT2D eigenvalue weighted by Crippen LogP contribution is 2.34. The summed E-state index contributed by atoms with van der Waals surface area (Å²) in [6.07, 6.45) is 0. The van der Waals surface area contributed by atoms with Crippen molar-refractivity contribution < 1.29 is 9.53 Å². The highest BCUT2D eigenvalue weighted by Gasteiger charge is 2.49. The van der Waals surface area contributed by atoms with Crippen LogP contribution < -0.4 is 5.32 Å². The molecule has 1 aliphatic rings. The molecule has 0 aromatic heterocycles. The third-order valence-corrected chi connectivity index (χ3v) is 2.65. The second kappa shape index (κ2) is 3.05. The summed E-state index contributed by atoms with van der Waals surface area (Å²) in [5.74, 6) is 0.540. The van der Waals surface area contributed by atoms with Gasteiger partial charge < -0.3 is 10.1 Å². The molecule has 0 aliphatic carbocycles. The van der Waals surface area contributed by atoms with Crippen LogP contribution >= 0.6 is 0 Å². The first-order valence-corrected chi connectivity index (χ1v) is 4.30. The Kier molecular flexibility index (Phi) is 2.42. The number of nitrogens with one attached hydrogen (secondary N) is 1. The normalized spacial score (nSPS) is 29.0. The number of hydrogen-bond acceptors (Lipinski definition) is 2. The Bertz CT molecular complexity index is 189. The fourth-order valence-corrected chi connectivity index (χ4v) is 1.78. The lowest BCUT2D eigenvalue weighted by Crippen LogP contribution is -2.67. The SMILES string of the molecule is COCC(C)C1NC(=O)C1(C)C. The van der Waals surface area contributed by atoms with Gasteiger partial charge >= 0.3 is 0 Å². The van der Waals surface area contributed by atoms with E-state index in [1.54, 1.807) is 7.11 Å². The first-order chi connectivity index (χ1) is 5.50. The van der Waals surface area contributed by atoms with Gasteiger partial charge in [0.25, 0.3) is 0 Å². The van der Waals surface area contributed by atoms with Gasteiger partial charge in [-0.05, 0) is 13.8 Å². The van der Waals surface area contributed by atoms with Gasteiger partial charge in [-0.1, -0.05) is 6.92 Å². The van der Waals surface area contributed by atoms with Crippen molar-refractivity contribution in [3.63, 3.8) is 0 Å². The molecule has 3 heteroatoms. The van der Waals surface area contributed by atoms with E-state index in [0.29, 0.717) is 12.5 Å². The summed E-state index contributed by atoms with van der Waals surface area (Å²) in [7, 11) is 1.68. The average molecular weight is 171 g/mol. The van der Waals surface area contributed by atoms with E-state index in [1.807, 2.05) is 13.8 Å². The molecule has 1 N–H and O–H groups in total. The molecular weight excluding hydrogens is 154 g/mol. The largest absolute Gasteiger partial charge is 0.384 e. The lowest BCUT2D eigenvalue weighted by Gasteiger charge is -2.46. The van der Waals surface area contributed by atoms with Crippen molar-refractivity contribution in [3.05, 3.63) is 0 Å². The highest BCUT2D eigenvalue weighted by atomic mass is 16.5. The Balaban J connectivity index is 2.51. The van der Waals surface area contributed by atoms with E-state index >= 15 is 0 Å². The molecular formula is C9H17NO2. The van der Waals surface area contributed by atoms with Crippen molar-refractivity contribution in [3.8, 4) is 0 Å².